The van der Waals surface area contributed by atoms with Crippen molar-refractivity contribution < 1.29 is 23.6 Å². The molecule has 3 amide bonds. The largest absolute Gasteiger partial charge is 0.451 e. The van der Waals surface area contributed by atoms with Gasteiger partial charge >= 0.3 is 0 Å². The van der Waals surface area contributed by atoms with Gasteiger partial charge in [0.25, 0.3) is 5.91 Å². The molecule has 0 bridgehead atoms. The van der Waals surface area contributed by atoms with Crippen molar-refractivity contribution in [2.45, 2.75) is 52.0 Å². The number of fused-ring (bicyclic) bond motifs is 1. The molecule has 0 aliphatic carbocycles. The van der Waals surface area contributed by atoms with E-state index in [0.29, 0.717) is 42.9 Å². The van der Waals surface area contributed by atoms with Crippen LogP contribution in [0.25, 0.3) is 11.0 Å². The summed E-state index contributed by atoms with van der Waals surface area (Å²) in [6, 6.07) is 22.2. The summed E-state index contributed by atoms with van der Waals surface area (Å²) in [6.45, 7) is 5.95. The van der Waals surface area contributed by atoms with Crippen LogP contribution in [0.4, 0.5) is 5.69 Å². The molecule has 0 saturated carbocycles. The van der Waals surface area contributed by atoms with Crippen molar-refractivity contribution in [2.75, 3.05) is 38.5 Å². The van der Waals surface area contributed by atoms with Crippen molar-refractivity contribution in [1.29, 1.82) is 0 Å². The number of carbonyl (C=O) groups excluding carboxylic acids is 4. The molecule has 3 aromatic carbocycles. The van der Waals surface area contributed by atoms with Gasteiger partial charge in [-0.2, -0.15) is 0 Å². The summed E-state index contributed by atoms with van der Waals surface area (Å²) in [5, 5.41) is 6.73. The quantitative estimate of drug-likeness (QED) is 0.230. The first-order valence-electron chi connectivity index (χ1n) is 16.4. The Hall–Kier alpha value is -4.96. The second kappa shape index (κ2) is 18.0. The van der Waals surface area contributed by atoms with Crippen LogP contribution in [0.2, 0.25) is 5.02 Å². The highest BCUT2D eigenvalue weighted by atomic mass is 35.5. The van der Waals surface area contributed by atoms with Gasteiger partial charge in [-0.25, -0.2) is 0 Å². The maximum Gasteiger partial charge on any atom is 0.287 e. The first-order chi connectivity index (χ1) is 23.6. The third-order valence-corrected chi connectivity index (χ3v) is 8.78. The highest BCUT2D eigenvalue weighted by Crippen LogP contribution is 2.31. The number of aldehydes is 1. The van der Waals surface area contributed by atoms with Gasteiger partial charge in [0.15, 0.2) is 11.2 Å². The van der Waals surface area contributed by atoms with Crippen molar-refractivity contribution >= 4 is 52.3 Å². The topological polar surface area (TPSA) is 129 Å². The predicted octanol–water partition coefficient (Wildman–Crippen LogP) is 5.95. The van der Waals surface area contributed by atoms with E-state index in [4.69, 9.17) is 20.8 Å². The molecule has 2 saturated heterocycles. The van der Waals surface area contributed by atoms with Crippen LogP contribution in [0, 0.1) is 6.92 Å². The van der Waals surface area contributed by atoms with Crippen LogP contribution >= 0.6 is 11.6 Å². The smallest absolute Gasteiger partial charge is 0.287 e. The summed E-state index contributed by atoms with van der Waals surface area (Å²) >= 11 is 5.61. The molecule has 2 aliphatic rings. The van der Waals surface area contributed by atoms with Crippen LogP contribution in [0.15, 0.2) is 82.0 Å². The van der Waals surface area contributed by atoms with E-state index in [9.17, 15) is 19.2 Å². The van der Waals surface area contributed by atoms with Crippen LogP contribution < -0.4 is 16.1 Å². The molecule has 0 unspecified atom stereocenters. The normalized spacial score (nSPS) is 14.3. The molecule has 2 N–H and O–H groups in total. The van der Waals surface area contributed by atoms with Crippen molar-refractivity contribution in [2.24, 2.45) is 0 Å². The Morgan fingerprint density at radius 1 is 0.980 bits per heavy atom. The average Bonchev–Trinajstić information content (AvgIpc) is 3.52. The number of aryl methyl sites for hydroxylation is 1. The van der Waals surface area contributed by atoms with Gasteiger partial charge < -0.3 is 29.6 Å². The molecule has 3 heterocycles. The second-order valence-corrected chi connectivity index (χ2v) is 12.4. The number of nitrogens with zero attached hydrogens (tertiary/aromatic N) is 2. The lowest BCUT2D eigenvalue weighted by Gasteiger charge is -2.33. The first-order valence-corrected chi connectivity index (χ1v) is 16.8. The summed E-state index contributed by atoms with van der Waals surface area (Å²) in [4.78, 5) is 62.6. The lowest BCUT2D eigenvalue weighted by Crippen LogP contribution is -2.44. The van der Waals surface area contributed by atoms with Crippen molar-refractivity contribution in [3.63, 3.8) is 0 Å². The van der Waals surface area contributed by atoms with Crippen LogP contribution in [-0.4, -0.2) is 67.0 Å². The van der Waals surface area contributed by atoms with E-state index in [1.54, 1.807) is 30.1 Å². The average molecular weight is 687 g/mol. The number of amides is 3. The Morgan fingerprint density at radius 2 is 1.67 bits per heavy atom. The molecule has 0 atom stereocenters. The van der Waals surface area contributed by atoms with Gasteiger partial charge in [-0.1, -0.05) is 53.6 Å². The Morgan fingerprint density at radius 3 is 2.31 bits per heavy atom. The van der Waals surface area contributed by atoms with Gasteiger partial charge in [0.1, 0.15) is 11.9 Å². The van der Waals surface area contributed by atoms with Crippen LogP contribution in [0.3, 0.4) is 0 Å². The highest BCUT2D eigenvalue weighted by molar-refractivity contribution is 6.30. The third-order valence-electron chi connectivity index (χ3n) is 8.53. The van der Waals surface area contributed by atoms with Gasteiger partial charge in [-0.3, -0.25) is 19.2 Å². The molecule has 11 heteroatoms. The fourth-order valence-corrected chi connectivity index (χ4v) is 6.03. The summed E-state index contributed by atoms with van der Waals surface area (Å²) in [7, 11) is 1.75. The van der Waals surface area contributed by atoms with Crippen LogP contribution in [0.1, 0.15) is 65.8 Å². The maximum atomic E-state index is 12.8. The molecule has 1 aromatic heterocycles. The molecule has 0 radical (unpaired) electrons. The standard InChI is InChI=1S/C29H32N4O5.C7H7Cl.C2H4O/c1-30-21-8-9-25-23(15-21)24(34)16-26(38-25)29(37)31-17-28(36)32-13-10-19(11-14-32)22-6-3-2-5-20(22)18-33-12-4-7-27(33)35;1-6-2-4-7(8)5-3-6;1-2-3/h2-3,5-6,8-9,15-16,19,30H,4,7,10-14,17-18H2,1H3,(H,31,37);2-5H,1H3;2H,1H3. The van der Waals surface area contributed by atoms with Gasteiger partial charge in [0.2, 0.25) is 11.8 Å². The summed E-state index contributed by atoms with van der Waals surface area (Å²) in [6.07, 6.45) is 3.93. The van der Waals surface area contributed by atoms with Crippen molar-refractivity contribution in [3.05, 3.63) is 110 Å². The summed E-state index contributed by atoms with van der Waals surface area (Å²) in [5.74, 6) is -0.366. The molecular formula is C38H43ClN4O6. The van der Waals surface area contributed by atoms with E-state index < -0.39 is 5.91 Å². The number of anilines is 1. The number of halogens is 1. The molecule has 4 aromatic rings. The minimum Gasteiger partial charge on any atom is -0.451 e. The molecule has 49 heavy (non-hydrogen) atoms. The van der Waals surface area contributed by atoms with E-state index in [0.717, 1.165) is 48.9 Å². The Balaban J connectivity index is 0.000000422. The van der Waals surface area contributed by atoms with E-state index in [1.165, 1.54) is 23.6 Å². The van der Waals surface area contributed by atoms with E-state index in [2.05, 4.69) is 22.8 Å². The van der Waals surface area contributed by atoms with Crippen molar-refractivity contribution in [1.82, 2.24) is 15.1 Å². The molecule has 2 fully saturated rings. The molecular weight excluding hydrogens is 644 g/mol. The fourth-order valence-electron chi connectivity index (χ4n) is 5.90. The van der Waals surface area contributed by atoms with E-state index in [-0.39, 0.29) is 29.5 Å². The van der Waals surface area contributed by atoms with Gasteiger partial charge in [-0.05, 0) is 80.5 Å². The number of likely N-dealkylation sites (tertiary alicyclic amines) is 2. The number of nitrogens with one attached hydrogen (secondary N) is 2. The van der Waals surface area contributed by atoms with E-state index in [1.807, 2.05) is 48.2 Å². The number of carbonyl (C=O) groups is 4. The zero-order valence-electron chi connectivity index (χ0n) is 28.2. The lowest BCUT2D eigenvalue weighted by molar-refractivity contribution is -0.131. The monoisotopic (exact) mass is 686 g/mol. The minimum absolute atomic E-state index is 0.126. The molecule has 2 aliphatic heterocycles. The first kappa shape index (κ1) is 36.9. The predicted molar refractivity (Wildman–Crippen MR) is 192 cm³/mol. The summed E-state index contributed by atoms with van der Waals surface area (Å²) in [5.41, 5.74) is 4.43. The Kier molecular flexibility index (Phi) is 13.5. The van der Waals surface area contributed by atoms with Crippen LogP contribution in [0.5, 0.6) is 0 Å². The number of hydrogen-bond donors (Lipinski definition) is 2. The Labute approximate surface area is 291 Å². The van der Waals surface area contributed by atoms with Gasteiger partial charge in [0, 0.05) is 56.4 Å². The molecule has 10 nitrogen and oxygen atoms in total. The maximum absolute atomic E-state index is 12.8. The zero-order valence-corrected chi connectivity index (χ0v) is 28.9. The highest BCUT2D eigenvalue weighted by Gasteiger charge is 2.27. The molecule has 0 spiro atoms. The fraction of sp³-hybridized carbons (Fsp3) is 0.342. The second-order valence-electron chi connectivity index (χ2n) is 11.9. The Bertz CT molecular complexity index is 1790. The molecule has 6 rings (SSSR count). The number of hydrogen-bond acceptors (Lipinski definition) is 7. The SMILES string of the molecule is CC=O.CNc1ccc2oc(C(=O)NCC(=O)N3CCC(c4ccccc4CN4CCCC4=O)CC3)cc(=O)c2c1.Cc1ccc(Cl)cc1. The molecule has 258 valence electrons. The lowest BCUT2D eigenvalue weighted by atomic mass is 9.86. The van der Waals surface area contributed by atoms with Crippen LogP contribution in [-0.2, 0) is 20.9 Å². The van der Waals surface area contributed by atoms with E-state index >= 15 is 0 Å². The van der Waals surface area contributed by atoms with Gasteiger partial charge in [0.05, 0.1) is 11.9 Å². The number of rotatable bonds is 7. The zero-order chi connectivity index (χ0) is 35.3. The van der Waals surface area contributed by atoms with Gasteiger partial charge in [-0.15, -0.1) is 0 Å². The number of piperidine rings is 1. The van der Waals surface area contributed by atoms with Crippen molar-refractivity contribution in [3.8, 4) is 0 Å². The number of benzene rings is 3. The minimum atomic E-state index is -0.602. The summed E-state index contributed by atoms with van der Waals surface area (Å²) < 4.78 is 5.62. The third kappa shape index (κ3) is 10.3.